The number of carbonyl (C=O) groups excluding carboxylic acids is 1. The molecule has 4 rings (SSSR count). The van der Waals surface area contributed by atoms with Crippen molar-refractivity contribution in [3.8, 4) is 11.3 Å². The van der Waals surface area contributed by atoms with Crippen molar-refractivity contribution in [2.45, 2.75) is 25.3 Å². The number of hydrogen-bond acceptors (Lipinski definition) is 3. The highest BCUT2D eigenvalue weighted by Crippen LogP contribution is 2.30. The first-order chi connectivity index (χ1) is 13.6. The van der Waals surface area contributed by atoms with E-state index in [0.717, 1.165) is 37.1 Å². The van der Waals surface area contributed by atoms with Crippen LogP contribution in [0.4, 0.5) is 0 Å². The lowest BCUT2D eigenvalue weighted by Gasteiger charge is -2.31. The highest BCUT2D eigenvalue weighted by Gasteiger charge is 2.26. The Morgan fingerprint density at radius 3 is 2.54 bits per heavy atom. The van der Waals surface area contributed by atoms with Crippen LogP contribution in [-0.2, 0) is 6.54 Å². The van der Waals surface area contributed by atoms with E-state index in [0.29, 0.717) is 29.0 Å². The van der Waals surface area contributed by atoms with E-state index in [4.69, 9.17) is 21.8 Å². The van der Waals surface area contributed by atoms with Gasteiger partial charge in [0.1, 0.15) is 5.76 Å². The third-order valence-electron chi connectivity index (χ3n) is 5.39. The zero-order valence-electron chi connectivity index (χ0n) is 15.6. The average molecular weight is 395 g/mol. The monoisotopic (exact) mass is 394 g/mol. The van der Waals surface area contributed by atoms with E-state index in [1.807, 2.05) is 35.2 Å². The summed E-state index contributed by atoms with van der Waals surface area (Å²) in [5, 5.41) is 0.673. The second kappa shape index (κ2) is 8.21. The van der Waals surface area contributed by atoms with E-state index < -0.39 is 0 Å². The lowest BCUT2D eigenvalue weighted by molar-refractivity contribution is 0.0681. The topological polar surface area (TPSA) is 59.5 Å². The molecular weight excluding hydrogens is 372 g/mol. The summed E-state index contributed by atoms with van der Waals surface area (Å²) in [6.45, 7) is 2.01. The molecule has 28 heavy (non-hydrogen) atoms. The highest BCUT2D eigenvalue weighted by molar-refractivity contribution is 6.30. The van der Waals surface area contributed by atoms with Crippen molar-refractivity contribution < 1.29 is 9.21 Å². The second-order valence-corrected chi connectivity index (χ2v) is 7.62. The van der Waals surface area contributed by atoms with Crippen molar-refractivity contribution in [3.63, 3.8) is 0 Å². The van der Waals surface area contributed by atoms with Crippen LogP contribution in [0.5, 0.6) is 0 Å². The van der Waals surface area contributed by atoms with Gasteiger partial charge >= 0.3 is 0 Å². The molecule has 1 amide bonds. The Balaban J connectivity index is 1.41. The molecule has 0 atom stereocenters. The summed E-state index contributed by atoms with van der Waals surface area (Å²) in [6.07, 6.45) is 1.90. The Kier molecular flexibility index (Phi) is 5.51. The van der Waals surface area contributed by atoms with Gasteiger partial charge in [0.05, 0.1) is 0 Å². The molecule has 1 fully saturated rings. The number of rotatable bonds is 4. The fourth-order valence-corrected chi connectivity index (χ4v) is 3.89. The molecule has 0 saturated carbocycles. The van der Waals surface area contributed by atoms with Crippen LogP contribution in [0.3, 0.4) is 0 Å². The smallest absolute Gasteiger partial charge is 0.289 e. The van der Waals surface area contributed by atoms with Gasteiger partial charge in [-0.2, -0.15) is 0 Å². The Morgan fingerprint density at radius 1 is 1.07 bits per heavy atom. The maximum absolute atomic E-state index is 12.8. The lowest BCUT2D eigenvalue weighted by atomic mass is 9.88. The van der Waals surface area contributed by atoms with Gasteiger partial charge in [-0.1, -0.05) is 35.9 Å². The Morgan fingerprint density at radius 2 is 1.82 bits per heavy atom. The van der Waals surface area contributed by atoms with E-state index in [1.165, 1.54) is 5.56 Å². The molecule has 0 aliphatic carbocycles. The van der Waals surface area contributed by atoms with Crippen molar-refractivity contribution >= 4 is 17.5 Å². The van der Waals surface area contributed by atoms with Gasteiger partial charge in [-0.05, 0) is 66.3 Å². The first-order valence-electron chi connectivity index (χ1n) is 9.58. The number of amides is 1. The molecule has 0 unspecified atom stereocenters. The number of likely N-dealkylation sites (tertiary alicyclic amines) is 1. The summed E-state index contributed by atoms with van der Waals surface area (Å²) in [7, 11) is 0. The quantitative estimate of drug-likeness (QED) is 0.671. The van der Waals surface area contributed by atoms with Gasteiger partial charge in [-0.15, -0.1) is 0 Å². The highest BCUT2D eigenvalue weighted by atomic mass is 35.5. The Labute approximate surface area is 169 Å². The summed E-state index contributed by atoms with van der Waals surface area (Å²) in [5.41, 5.74) is 9.13. The van der Waals surface area contributed by atoms with E-state index in [2.05, 4.69) is 24.3 Å². The Hall–Kier alpha value is -2.56. The van der Waals surface area contributed by atoms with Gasteiger partial charge < -0.3 is 15.1 Å². The zero-order chi connectivity index (χ0) is 19.5. The maximum Gasteiger partial charge on any atom is 0.289 e. The first-order valence-corrected chi connectivity index (χ1v) is 9.96. The standard InChI is InChI=1S/C23H23ClN2O2/c24-20-6-4-18(5-7-20)21-8-9-22(28-21)23(27)26-12-10-17(11-13-26)19-3-1-2-16(14-19)15-25/h1-9,14,17H,10-13,15,25H2. The van der Waals surface area contributed by atoms with E-state index >= 15 is 0 Å². The molecule has 2 aromatic carbocycles. The molecule has 144 valence electrons. The summed E-state index contributed by atoms with van der Waals surface area (Å²) in [4.78, 5) is 14.7. The minimum atomic E-state index is -0.0469. The summed E-state index contributed by atoms with van der Waals surface area (Å²) in [5.74, 6) is 1.48. The van der Waals surface area contributed by atoms with Gasteiger partial charge in [0.25, 0.3) is 5.91 Å². The fourth-order valence-electron chi connectivity index (χ4n) is 3.77. The van der Waals surface area contributed by atoms with Crippen LogP contribution < -0.4 is 5.73 Å². The van der Waals surface area contributed by atoms with E-state index in [1.54, 1.807) is 6.07 Å². The molecule has 2 heterocycles. The minimum absolute atomic E-state index is 0.0469. The van der Waals surface area contributed by atoms with Crippen molar-refractivity contribution in [2.24, 2.45) is 5.73 Å². The van der Waals surface area contributed by atoms with Crippen LogP contribution in [0.2, 0.25) is 5.02 Å². The van der Waals surface area contributed by atoms with Gasteiger partial charge in [0, 0.05) is 30.2 Å². The predicted octanol–water partition coefficient (Wildman–Crippen LogP) is 5.08. The first kappa shape index (κ1) is 18.8. The van der Waals surface area contributed by atoms with Crippen LogP contribution in [0.25, 0.3) is 11.3 Å². The number of nitrogens with two attached hydrogens (primary N) is 1. The largest absolute Gasteiger partial charge is 0.451 e. The van der Waals surface area contributed by atoms with Crippen LogP contribution in [0.1, 0.15) is 40.4 Å². The molecule has 4 nitrogen and oxygen atoms in total. The van der Waals surface area contributed by atoms with Crippen molar-refractivity contribution in [1.29, 1.82) is 0 Å². The van der Waals surface area contributed by atoms with Gasteiger partial charge in [0.2, 0.25) is 0 Å². The number of benzene rings is 2. The Bertz CT molecular complexity index is 957. The van der Waals surface area contributed by atoms with Crippen LogP contribution in [0.15, 0.2) is 65.1 Å². The minimum Gasteiger partial charge on any atom is -0.451 e. The predicted molar refractivity (Wildman–Crippen MR) is 111 cm³/mol. The maximum atomic E-state index is 12.8. The third-order valence-corrected chi connectivity index (χ3v) is 5.64. The SMILES string of the molecule is NCc1cccc(C2CCN(C(=O)c3ccc(-c4ccc(Cl)cc4)o3)CC2)c1. The molecule has 0 spiro atoms. The van der Waals surface area contributed by atoms with Crippen LogP contribution >= 0.6 is 11.6 Å². The normalized spacial score (nSPS) is 15.0. The molecule has 0 bridgehead atoms. The second-order valence-electron chi connectivity index (χ2n) is 7.19. The van der Waals surface area contributed by atoms with Gasteiger partial charge in [-0.3, -0.25) is 4.79 Å². The van der Waals surface area contributed by atoms with Crippen molar-refractivity contribution in [2.75, 3.05) is 13.1 Å². The van der Waals surface area contributed by atoms with E-state index in [-0.39, 0.29) is 5.91 Å². The molecule has 1 aromatic heterocycles. The van der Waals surface area contributed by atoms with Gasteiger partial charge in [-0.25, -0.2) is 0 Å². The van der Waals surface area contributed by atoms with Crippen LogP contribution in [0, 0.1) is 0 Å². The van der Waals surface area contributed by atoms with Crippen LogP contribution in [-0.4, -0.2) is 23.9 Å². The molecule has 0 radical (unpaired) electrons. The number of hydrogen-bond donors (Lipinski definition) is 1. The number of nitrogens with zero attached hydrogens (tertiary/aromatic N) is 1. The number of carbonyl (C=O) groups is 1. The molecule has 2 N–H and O–H groups in total. The van der Waals surface area contributed by atoms with Gasteiger partial charge in [0.15, 0.2) is 5.76 Å². The summed E-state index contributed by atoms with van der Waals surface area (Å²) >= 11 is 5.93. The summed E-state index contributed by atoms with van der Waals surface area (Å²) in [6, 6.07) is 19.4. The van der Waals surface area contributed by atoms with Crippen molar-refractivity contribution in [1.82, 2.24) is 4.90 Å². The van der Waals surface area contributed by atoms with Crippen molar-refractivity contribution in [3.05, 3.63) is 82.6 Å². The zero-order valence-corrected chi connectivity index (χ0v) is 16.4. The number of furan rings is 1. The molecule has 1 aliphatic rings. The summed E-state index contributed by atoms with van der Waals surface area (Å²) < 4.78 is 5.82. The molecule has 1 saturated heterocycles. The number of piperidine rings is 1. The molecule has 3 aromatic rings. The molecular formula is C23H23ClN2O2. The fraction of sp³-hybridized carbons (Fsp3) is 0.261. The lowest BCUT2D eigenvalue weighted by Crippen LogP contribution is -2.37. The van der Waals surface area contributed by atoms with E-state index in [9.17, 15) is 4.79 Å². The third kappa shape index (κ3) is 3.98. The number of halogens is 1. The average Bonchev–Trinajstić information content (AvgIpc) is 3.24. The molecule has 1 aliphatic heterocycles. The molecule has 5 heteroatoms.